The lowest BCUT2D eigenvalue weighted by Crippen LogP contribution is -2.66. The van der Waals surface area contributed by atoms with Gasteiger partial charge in [0.25, 0.3) is 5.56 Å². The number of methoxy groups -OCH3 is 1. The summed E-state index contributed by atoms with van der Waals surface area (Å²) in [6.07, 6.45) is -3.20. The number of rotatable bonds is 4. The second-order valence-corrected chi connectivity index (χ2v) is 7.60. The fourth-order valence-corrected chi connectivity index (χ4v) is 3.76. The fourth-order valence-electron chi connectivity index (χ4n) is 3.76. The Balaban J connectivity index is 2.19. The Hall–Kier alpha value is -4.42. The molecule has 0 bridgehead atoms. The molecule has 2 amide bonds. The van der Waals surface area contributed by atoms with Crippen LogP contribution in [0.4, 0.5) is 9.59 Å². The van der Waals surface area contributed by atoms with Gasteiger partial charge in [-0.15, -0.1) is 0 Å². The summed E-state index contributed by atoms with van der Waals surface area (Å²) in [7, 11) is 2.22. The maximum absolute atomic E-state index is 13.2. The van der Waals surface area contributed by atoms with Crippen LogP contribution >= 0.6 is 0 Å². The van der Waals surface area contributed by atoms with Crippen LogP contribution in [0, 0.1) is 0 Å². The predicted molar refractivity (Wildman–Crippen MR) is 109 cm³/mol. The van der Waals surface area contributed by atoms with E-state index in [0.29, 0.717) is 0 Å². The Labute approximate surface area is 192 Å². The van der Waals surface area contributed by atoms with E-state index in [2.05, 4.69) is 9.72 Å². The van der Waals surface area contributed by atoms with Gasteiger partial charge in [0.05, 0.1) is 12.7 Å². The van der Waals surface area contributed by atoms with Crippen LogP contribution in [0.2, 0.25) is 0 Å². The van der Waals surface area contributed by atoms with Crippen molar-refractivity contribution >= 4 is 24.1 Å². The van der Waals surface area contributed by atoms with Crippen molar-refractivity contribution in [2.24, 2.45) is 7.05 Å². The molecule has 1 aliphatic rings. The molecule has 0 saturated carbocycles. The zero-order chi connectivity index (χ0) is 25.2. The molecular weight excluding hydrogens is 452 g/mol. The summed E-state index contributed by atoms with van der Waals surface area (Å²) in [6, 6.07) is 7.66. The first kappa shape index (κ1) is 24.2. The summed E-state index contributed by atoms with van der Waals surface area (Å²) in [5.41, 5.74) is -3.35. The van der Waals surface area contributed by atoms with Gasteiger partial charge in [-0.2, -0.15) is 0 Å². The molecule has 13 nitrogen and oxygen atoms in total. The van der Waals surface area contributed by atoms with Crippen molar-refractivity contribution in [2.75, 3.05) is 26.7 Å². The van der Waals surface area contributed by atoms with E-state index in [1.807, 2.05) is 0 Å². The maximum Gasteiger partial charge on any atom is 0.360 e. The largest absolute Gasteiger partial charge is 0.530 e. The fraction of sp³-hybridized carbons (Fsp3) is 0.333. The second kappa shape index (κ2) is 9.21. The quantitative estimate of drug-likeness (QED) is 0.467. The van der Waals surface area contributed by atoms with Gasteiger partial charge in [0, 0.05) is 26.7 Å². The highest BCUT2D eigenvalue weighted by molar-refractivity contribution is 5.94. The summed E-state index contributed by atoms with van der Waals surface area (Å²) in [6.45, 7) is 0.348. The number of hydrogen-bond acceptors (Lipinski definition) is 10. The van der Waals surface area contributed by atoms with E-state index in [1.165, 1.54) is 26.1 Å². The van der Waals surface area contributed by atoms with Crippen LogP contribution in [0.15, 0.2) is 35.1 Å². The number of carbonyl (C=O) groups is 4. The van der Waals surface area contributed by atoms with Gasteiger partial charge in [0.15, 0.2) is 5.69 Å². The number of carboxylic acid groups (broad SMARTS) is 2. The third kappa shape index (κ3) is 4.27. The molecule has 34 heavy (non-hydrogen) atoms. The second-order valence-electron chi connectivity index (χ2n) is 7.60. The minimum Gasteiger partial charge on any atom is -0.530 e. The minimum atomic E-state index is -1.75. The standard InChI is InChI=1S/C21H22N4O9/c1-21(11-24(19(29)30)9-10-25(21)20(31)32)18-22-13(17(28)33-3)14(15(26)23(18)2)34-16(27)12-7-5-4-6-8-12/h4-8H,9-11H2,1-3H3,(H,29,30)(H,31,32)/p-2. The third-order valence-corrected chi connectivity index (χ3v) is 5.48. The van der Waals surface area contributed by atoms with Crippen LogP contribution in [0.3, 0.4) is 0 Å². The monoisotopic (exact) mass is 472 g/mol. The first-order valence-electron chi connectivity index (χ1n) is 9.92. The van der Waals surface area contributed by atoms with Crippen molar-refractivity contribution in [1.29, 1.82) is 0 Å². The Morgan fingerprint density at radius 1 is 1.03 bits per heavy atom. The van der Waals surface area contributed by atoms with Crippen LogP contribution < -0.4 is 20.5 Å². The van der Waals surface area contributed by atoms with Crippen molar-refractivity contribution < 1.29 is 38.9 Å². The summed E-state index contributed by atoms with van der Waals surface area (Å²) in [5.74, 6) is -3.11. The van der Waals surface area contributed by atoms with Crippen molar-refractivity contribution in [2.45, 2.75) is 12.5 Å². The lowest BCUT2D eigenvalue weighted by atomic mass is 9.94. The first-order chi connectivity index (χ1) is 16.0. The number of nitrogens with zero attached hydrogens (tertiary/aromatic N) is 4. The van der Waals surface area contributed by atoms with Crippen LogP contribution in [0.25, 0.3) is 0 Å². The Kier molecular flexibility index (Phi) is 6.56. The average molecular weight is 472 g/mol. The molecule has 180 valence electrons. The number of benzene rings is 1. The van der Waals surface area contributed by atoms with Crippen LogP contribution in [0.5, 0.6) is 5.75 Å². The molecule has 0 radical (unpaired) electrons. The molecule has 0 N–H and O–H groups in total. The number of piperazine rings is 1. The predicted octanol–water partition coefficient (Wildman–Crippen LogP) is -1.69. The Morgan fingerprint density at radius 3 is 2.24 bits per heavy atom. The van der Waals surface area contributed by atoms with Gasteiger partial charge in [-0.05, 0) is 19.1 Å². The van der Waals surface area contributed by atoms with Crippen molar-refractivity contribution in [3.05, 3.63) is 57.8 Å². The molecule has 3 rings (SSSR count). The van der Waals surface area contributed by atoms with E-state index in [1.54, 1.807) is 18.2 Å². The van der Waals surface area contributed by atoms with Gasteiger partial charge in [-0.1, -0.05) is 18.2 Å². The van der Waals surface area contributed by atoms with Crippen LogP contribution in [0.1, 0.15) is 33.6 Å². The van der Waals surface area contributed by atoms with Crippen molar-refractivity contribution in [3.63, 3.8) is 0 Å². The third-order valence-electron chi connectivity index (χ3n) is 5.48. The normalized spacial score (nSPS) is 17.7. The summed E-state index contributed by atoms with van der Waals surface area (Å²) < 4.78 is 10.7. The molecule has 1 aliphatic heterocycles. The zero-order valence-electron chi connectivity index (χ0n) is 18.5. The van der Waals surface area contributed by atoms with E-state index in [-0.39, 0.29) is 24.5 Å². The maximum atomic E-state index is 13.2. The smallest absolute Gasteiger partial charge is 0.360 e. The van der Waals surface area contributed by atoms with Gasteiger partial charge in [0.2, 0.25) is 5.75 Å². The summed E-state index contributed by atoms with van der Waals surface area (Å²) >= 11 is 0. The SMILES string of the molecule is COC(=O)c1nc(C2(C)CN(C(=O)[O-])CCN2C(=O)[O-])n(C)c(=O)c1OC(=O)c1ccccc1. The Bertz CT molecular complexity index is 1210. The molecule has 1 atom stereocenters. The molecule has 1 saturated heterocycles. The highest BCUT2D eigenvalue weighted by Crippen LogP contribution is 2.31. The number of hydrogen-bond donors (Lipinski definition) is 0. The molecule has 2 aromatic rings. The van der Waals surface area contributed by atoms with Gasteiger partial charge < -0.3 is 39.1 Å². The van der Waals surface area contributed by atoms with Crippen LogP contribution in [-0.4, -0.2) is 70.2 Å². The molecule has 1 aromatic heterocycles. The van der Waals surface area contributed by atoms with E-state index in [4.69, 9.17) is 4.74 Å². The average Bonchev–Trinajstić information content (AvgIpc) is 2.81. The van der Waals surface area contributed by atoms with Gasteiger partial charge in [-0.25, -0.2) is 14.6 Å². The summed E-state index contributed by atoms with van der Waals surface area (Å²) in [4.78, 5) is 67.2. The van der Waals surface area contributed by atoms with Gasteiger partial charge >= 0.3 is 11.9 Å². The lowest BCUT2D eigenvalue weighted by molar-refractivity contribution is -0.284. The molecule has 13 heteroatoms. The molecule has 0 aliphatic carbocycles. The molecule has 2 heterocycles. The Morgan fingerprint density at radius 2 is 1.68 bits per heavy atom. The number of ether oxygens (including phenoxy) is 2. The van der Waals surface area contributed by atoms with Crippen LogP contribution in [-0.2, 0) is 17.3 Å². The van der Waals surface area contributed by atoms with E-state index in [0.717, 1.165) is 21.5 Å². The minimum absolute atomic E-state index is 0.0939. The molecule has 0 spiro atoms. The first-order valence-corrected chi connectivity index (χ1v) is 9.92. The molecule has 1 aromatic carbocycles. The number of amides is 2. The molecular formula is C21H20N4O9-2. The zero-order valence-corrected chi connectivity index (χ0v) is 18.5. The van der Waals surface area contributed by atoms with Crippen molar-refractivity contribution in [1.82, 2.24) is 19.4 Å². The number of aromatic nitrogens is 2. The van der Waals surface area contributed by atoms with E-state index in [9.17, 15) is 34.2 Å². The van der Waals surface area contributed by atoms with Gasteiger partial charge in [-0.3, -0.25) is 9.36 Å². The summed E-state index contributed by atoms with van der Waals surface area (Å²) in [5, 5.41) is 23.3. The number of carbonyl (C=O) groups excluding carboxylic acids is 4. The van der Waals surface area contributed by atoms with Crippen molar-refractivity contribution in [3.8, 4) is 5.75 Å². The van der Waals surface area contributed by atoms with E-state index >= 15 is 0 Å². The van der Waals surface area contributed by atoms with Gasteiger partial charge in [0.1, 0.15) is 23.5 Å². The lowest BCUT2D eigenvalue weighted by Gasteiger charge is -2.50. The topological polar surface area (TPSA) is 174 Å². The highest BCUT2D eigenvalue weighted by Gasteiger charge is 2.44. The highest BCUT2D eigenvalue weighted by atomic mass is 16.5. The molecule has 1 unspecified atom stereocenters. The van der Waals surface area contributed by atoms with E-state index < -0.39 is 53.2 Å². The number of esters is 2. The molecule has 1 fully saturated rings.